The van der Waals surface area contributed by atoms with Gasteiger partial charge in [-0.2, -0.15) is 0 Å². The number of phosphoric ester groups is 1. The summed E-state index contributed by atoms with van der Waals surface area (Å²) < 4.78 is 23.8. The maximum atomic E-state index is 13.0. The van der Waals surface area contributed by atoms with E-state index >= 15 is 0 Å². The molecule has 9 heteroatoms. The first-order valence-corrected chi connectivity index (χ1v) is 36.5. The van der Waals surface area contributed by atoms with E-state index < -0.39 is 20.0 Å². The molecule has 0 heterocycles. The molecule has 0 aliphatic heterocycles. The summed E-state index contributed by atoms with van der Waals surface area (Å²) in [5.74, 6) is -0.216. The number of quaternary nitrogens is 1. The summed E-state index contributed by atoms with van der Waals surface area (Å²) in [4.78, 5) is 23.4. The number of likely N-dealkylation sites (N-methyl/N-ethyl adjacent to an activating group) is 1. The predicted molar refractivity (Wildman–Crippen MR) is 382 cm³/mol. The molecule has 0 aromatic heterocycles. The Labute approximate surface area is 536 Å². The fourth-order valence-electron chi connectivity index (χ4n) is 9.28. The predicted octanol–water partition coefficient (Wildman–Crippen LogP) is 22.7. The van der Waals surface area contributed by atoms with Crippen LogP contribution in [0.25, 0.3) is 0 Å². The summed E-state index contributed by atoms with van der Waals surface area (Å²) in [6, 6.07) is -0.892. The van der Waals surface area contributed by atoms with Gasteiger partial charge in [0.25, 0.3) is 0 Å². The van der Waals surface area contributed by atoms with E-state index in [0.717, 1.165) is 128 Å². The molecule has 0 bridgehead atoms. The third kappa shape index (κ3) is 69.2. The molecule has 494 valence electrons. The molecule has 0 saturated heterocycles. The Morgan fingerprint density at radius 2 is 0.701 bits per heavy atom. The molecular weight excluding hydrogens is 1090 g/mol. The number of nitrogens with one attached hydrogen (secondary N) is 1. The molecule has 3 atom stereocenters. The number of nitrogens with zero attached hydrogens (tertiary/aromatic N) is 1. The van der Waals surface area contributed by atoms with Crippen molar-refractivity contribution in [1.82, 2.24) is 5.32 Å². The lowest BCUT2D eigenvalue weighted by Crippen LogP contribution is -2.45. The second-order valence-electron chi connectivity index (χ2n) is 24.2. The Balaban J connectivity index is 4.24. The second kappa shape index (κ2) is 66.3. The van der Waals surface area contributed by atoms with Gasteiger partial charge in [0.15, 0.2) is 0 Å². The number of rotatable bonds is 62. The summed E-state index contributed by atoms with van der Waals surface area (Å²) in [5.41, 5.74) is 0. The molecule has 0 radical (unpaired) electrons. The van der Waals surface area contributed by atoms with Crippen LogP contribution in [0.3, 0.4) is 0 Å². The maximum Gasteiger partial charge on any atom is 0.472 e. The molecule has 0 fully saturated rings. The van der Waals surface area contributed by atoms with Crippen LogP contribution in [0.2, 0.25) is 0 Å². The molecule has 0 spiro atoms. The van der Waals surface area contributed by atoms with Crippen molar-refractivity contribution in [2.75, 3.05) is 40.9 Å². The quantitative estimate of drug-likeness (QED) is 0.0243. The van der Waals surface area contributed by atoms with Crippen LogP contribution in [-0.2, 0) is 18.4 Å². The van der Waals surface area contributed by atoms with Crippen LogP contribution in [0.5, 0.6) is 0 Å². The van der Waals surface area contributed by atoms with Gasteiger partial charge in [-0.15, -0.1) is 0 Å². The van der Waals surface area contributed by atoms with Crippen LogP contribution in [0.4, 0.5) is 0 Å². The Bertz CT molecular complexity index is 2020. The van der Waals surface area contributed by atoms with Gasteiger partial charge in [0.1, 0.15) is 13.2 Å². The molecule has 0 rings (SSSR count). The van der Waals surface area contributed by atoms with E-state index in [1.54, 1.807) is 6.08 Å². The molecule has 87 heavy (non-hydrogen) atoms. The van der Waals surface area contributed by atoms with Gasteiger partial charge in [-0.3, -0.25) is 13.8 Å². The van der Waals surface area contributed by atoms with Crippen LogP contribution < -0.4 is 5.32 Å². The Hall–Kier alpha value is -4.14. The van der Waals surface area contributed by atoms with E-state index in [4.69, 9.17) is 9.05 Å². The molecule has 0 aromatic rings. The van der Waals surface area contributed by atoms with Gasteiger partial charge in [0, 0.05) is 6.42 Å². The number of carbonyl (C=O) groups excluding carboxylic acids is 1. The largest absolute Gasteiger partial charge is 0.472 e. The first-order valence-electron chi connectivity index (χ1n) is 35.0. The summed E-state index contributed by atoms with van der Waals surface area (Å²) in [6.45, 7) is 4.66. The van der Waals surface area contributed by atoms with Crippen molar-refractivity contribution in [2.45, 2.75) is 276 Å². The van der Waals surface area contributed by atoms with Crippen molar-refractivity contribution in [2.24, 2.45) is 0 Å². The minimum Gasteiger partial charge on any atom is -0.387 e. The number of aliphatic hydroxyl groups excluding tert-OH is 1. The van der Waals surface area contributed by atoms with Crippen molar-refractivity contribution in [3.8, 4) is 0 Å². The number of amides is 1. The highest BCUT2D eigenvalue weighted by molar-refractivity contribution is 7.47. The van der Waals surface area contributed by atoms with Crippen molar-refractivity contribution in [3.05, 3.63) is 170 Å². The summed E-state index contributed by atoms with van der Waals surface area (Å²) >= 11 is 0. The van der Waals surface area contributed by atoms with Gasteiger partial charge in [0.2, 0.25) is 5.91 Å². The third-order valence-electron chi connectivity index (χ3n) is 14.7. The number of phosphoric acid groups is 1. The van der Waals surface area contributed by atoms with E-state index in [1.165, 1.54) is 116 Å². The molecule has 0 saturated carbocycles. The molecular formula is C78H132N2O6P+. The highest BCUT2D eigenvalue weighted by Gasteiger charge is 2.28. The number of allylic oxidation sites excluding steroid dienone is 27. The molecule has 3 unspecified atom stereocenters. The molecule has 0 aliphatic carbocycles. The van der Waals surface area contributed by atoms with E-state index in [2.05, 4.69) is 177 Å². The van der Waals surface area contributed by atoms with Gasteiger partial charge in [-0.25, -0.2) is 4.57 Å². The Kier molecular flexibility index (Phi) is 63.1. The summed E-state index contributed by atoms with van der Waals surface area (Å²) in [7, 11) is 1.52. The Morgan fingerprint density at radius 1 is 0.402 bits per heavy atom. The third-order valence-corrected chi connectivity index (χ3v) is 15.7. The monoisotopic (exact) mass is 1220 g/mol. The molecule has 0 aromatic carbocycles. The number of hydrogen-bond acceptors (Lipinski definition) is 5. The van der Waals surface area contributed by atoms with Gasteiger partial charge < -0.3 is 19.8 Å². The van der Waals surface area contributed by atoms with Crippen LogP contribution in [0.1, 0.15) is 264 Å². The second-order valence-corrected chi connectivity index (χ2v) is 25.6. The normalized spacial score (nSPS) is 14.7. The van der Waals surface area contributed by atoms with E-state index in [1.807, 2.05) is 27.2 Å². The lowest BCUT2D eigenvalue weighted by atomic mass is 10.0. The van der Waals surface area contributed by atoms with Gasteiger partial charge in [-0.05, 0) is 122 Å². The van der Waals surface area contributed by atoms with Crippen LogP contribution >= 0.6 is 7.82 Å². The minimum atomic E-state index is -4.38. The van der Waals surface area contributed by atoms with Crippen LogP contribution in [-0.4, -0.2) is 73.4 Å². The average molecular weight is 1220 g/mol. The highest BCUT2D eigenvalue weighted by Crippen LogP contribution is 2.43. The lowest BCUT2D eigenvalue weighted by Gasteiger charge is -2.25. The average Bonchev–Trinajstić information content (AvgIpc) is 3.71. The smallest absolute Gasteiger partial charge is 0.387 e. The number of aliphatic hydroxyl groups is 1. The van der Waals surface area contributed by atoms with Crippen molar-refractivity contribution in [1.29, 1.82) is 0 Å². The molecule has 8 nitrogen and oxygen atoms in total. The van der Waals surface area contributed by atoms with Crippen molar-refractivity contribution in [3.63, 3.8) is 0 Å². The van der Waals surface area contributed by atoms with E-state index in [-0.39, 0.29) is 19.1 Å². The van der Waals surface area contributed by atoms with Crippen molar-refractivity contribution < 1.29 is 32.9 Å². The van der Waals surface area contributed by atoms with Gasteiger partial charge >= 0.3 is 7.82 Å². The summed E-state index contributed by atoms with van der Waals surface area (Å²) in [5, 5.41) is 14.0. The van der Waals surface area contributed by atoms with E-state index in [0.29, 0.717) is 17.4 Å². The Morgan fingerprint density at radius 3 is 1.06 bits per heavy atom. The zero-order chi connectivity index (χ0) is 63.4. The summed E-state index contributed by atoms with van der Waals surface area (Å²) in [6.07, 6.45) is 105. The number of hydrogen-bond donors (Lipinski definition) is 3. The van der Waals surface area contributed by atoms with Crippen molar-refractivity contribution >= 4 is 13.7 Å². The number of unbranched alkanes of at least 4 members (excludes halogenated alkanes) is 23. The molecule has 0 aliphatic rings. The fraction of sp³-hybridized carbons (Fsp3) is 0.628. The first-order chi connectivity index (χ1) is 42.5. The highest BCUT2D eigenvalue weighted by atomic mass is 31.2. The zero-order valence-electron chi connectivity index (χ0n) is 56.4. The van der Waals surface area contributed by atoms with Crippen LogP contribution in [0.15, 0.2) is 170 Å². The zero-order valence-corrected chi connectivity index (χ0v) is 57.3. The van der Waals surface area contributed by atoms with E-state index in [9.17, 15) is 19.4 Å². The first kappa shape index (κ1) is 82.9. The lowest BCUT2D eigenvalue weighted by molar-refractivity contribution is -0.870. The van der Waals surface area contributed by atoms with Crippen LogP contribution in [0, 0.1) is 0 Å². The number of carbonyl (C=O) groups is 1. The fourth-order valence-corrected chi connectivity index (χ4v) is 10.0. The molecule has 1 amide bonds. The SMILES string of the molecule is CC/C=C\C/C=C\C/C=C\C/C=C\C/C=C\C/C=C\C/C=C\C/C=C\C/C=C\C/C=C\C/C=C\C/C=C\CCCCCCC(=O)NC(COP(=O)(O)OCC[N+](C)(C)C)C(O)/C=C/CC/C=C/CCCCCCCCCCCCCCCCCCCC. The van der Waals surface area contributed by atoms with Gasteiger partial charge in [0.05, 0.1) is 39.9 Å². The maximum absolute atomic E-state index is 13.0. The topological polar surface area (TPSA) is 105 Å². The standard InChI is InChI=1S/C78H131N2O6P/c1-6-8-10-12-14-16-18-20-22-24-26-28-30-32-33-34-35-36-37-38-39-40-41-42-43-44-45-46-47-48-50-52-54-56-58-60-62-64-66-68-70-72-78(82)79-76(75-86-87(83,84)85-74-73-80(3,4)5)77(81)71-69-67-65-63-61-59-57-55-53-51-49-31-29-27-25-23-21-19-17-15-13-11-9-7-2/h8,10,14,16,20,22,26,28,32-33,35-36,38-39,41-42,44-45,47-48,52,54,58,60-61,63,69,71,76-77,81H,6-7,9,11-13,15,17-19,21,23-25,27,29-31,34,37,40,43,46,49-51,53,55-57,59,62,64-68,70,72-75H2,1-5H3,(H-,79,82,83,84)/p+1/b10-8-,16-14-,22-20-,28-26-,33-32-,36-35-,39-38-,42-41-,45-44-,48-47-,54-52-,60-58-,63-61+,71-69+. The minimum absolute atomic E-state index is 0.0421. The molecule has 3 N–H and O–H groups in total. The van der Waals surface area contributed by atoms with Gasteiger partial charge in [-0.1, -0.05) is 306 Å².